The molecule has 1 unspecified atom stereocenters. The number of nitrogens with zero attached hydrogens (tertiary/aromatic N) is 2. The molecule has 28 heavy (non-hydrogen) atoms. The van der Waals surface area contributed by atoms with Gasteiger partial charge < -0.3 is 15.0 Å². The Morgan fingerprint density at radius 1 is 1.18 bits per heavy atom. The van der Waals surface area contributed by atoms with E-state index >= 15 is 0 Å². The van der Waals surface area contributed by atoms with E-state index in [2.05, 4.69) is 5.32 Å². The zero-order valence-corrected chi connectivity index (χ0v) is 16.9. The van der Waals surface area contributed by atoms with Crippen molar-refractivity contribution in [3.8, 4) is 0 Å². The van der Waals surface area contributed by atoms with E-state index in [0.717, 1.165) is 18.4 Å². The fourth-order valence-electron chi connectivity index (χ4n) is 3.85. The number of carbonyl (C=O) groups is 2. The standard InChI is InChI=1S/C18H22ClN3O5S/c19-14-11-13(10-12-3-4-16(23)20-17(12)14)28(25,26)22-7-5-21(6-8-22)18(24)15-2-1-9-27-15/h10-11,15H,1-9H2,(H,20,23). The van der Waals surface area contributed by atoms with Gasteiger partial charge in [-0.3, -0.25) is 9.59 Å². The molecule has 0 radical (unpaired) electrons. The Hall–Kier alpha value is -1.68. The first-order valence-electron chi connectivity index (χ1n) is 9.39. The maximum absolute atomic E-state index is 13.1. The van der Waals surface area contributed by atoms with Crippen LogP contribution < -0.4 is 5.32 Å². The molecule has 3 aliphatic heterocycles. The Labute approximate surface area is 168 Å². The number of fused-ring (bicyclic) bond motifs is 1. The number of amides is 2. The first kappa shape index (κ1) is 19.6. The monoisotopic (exact) mass is 427 g/mol. The molecule has 3 aliphatic rings. The molecule has 3 heterocycles. The van der Waals surface area contributed by atoms with Crippen molar-refractivity contribution in [2.75, 3.05) is 38.1 Å². The summed E-state index contributed by atoms with van der Waals surface area (Å²) in [6.07, 6.45) is 1.97. The molecule has 1 atom stereocenters. The number of rotatable bonds is 3. The maximum Gasteiger partial charge on any atom is 0.251 e. The number of ether oxygens (including phenoxy) is 1. The van der Waals surface area contributed by atoms with Gasteiger partial charge in [0.15, 0.2) is 0 Å². The third-order valence-electron chi connectivity index (χ3n) is 5.42. The largest absolute Gasteiger partial charge is 0.368 e. The lowest BCUT2D eigenvalue weighted by atomic mass is 10.0. The van der Waals surface area contributed by atoms with Gasteiger partial charge >= 0.3 is 0 Å². The van der Waals surface area contributed by atoms with Crippen molar-refractivity contribution >= 4 is 39.1 Å². The molecule has 4 rings (SSSR count). The molecule has 1 aromatic rings. The second-order valence-corrected chi connectivity index (χ2v) is 9.56. The summed E-state index contributed by atoms with van der Waals surface area (Å²) in [6, 6.07) is 2.96. The minimum atomic E-state index is -3.73. The minimum Gasteiger partial charge on any atom is -0.368 e. The topological polar surface area (TPSA) is 96.0 Å². The molecule has 152 valence electrons. The number of benzene rings is 1. The number of anilines is 1. The maximum atomic E-state index is 13.1. The molecule has 2 saturated heterocycles. The molecule has 1 aromatic carbocycles. The van der Waals surface area contributed by atoms with Crippen LogP contribution in [0.4, 0.5) is 5.69 Å². The van der Waals surface area contributed by atoms with E-state index in [1.54, 1.807) is 11.0 Å². The molecule has 0 bridgehead atoms. The summed E-state index contributed by atoms with van der Waals surface area (Å²) in [6.45, 7) is 1.74. The first-order chi connectivity index (χ1) is 13.4. The molecular formula is C18H22ClN3O5S. The zero-order chi connectivity index (χ0) is 19.9. The number of halogens is 1. The summed E-state index contributed by atoms with van der Waals surface area (Å²) in [4.78, 5) is 25.8. The third-order valence-corrected chi connectivity index (χ3v) is 7.60. The summed E-state index contributed by atoms with van der Waals surface area (Å²) in [5, 5.41) is 2.91. The van der Waals surface area contributed by atoms with Crippen LogP contribution in [0.2, 0.25) is 5.02 Å². The lowest BCUT2D eigenvalue weighted by Crippen LogP contribution is -2.52. The summed E-state index contributed by atoms with van der Waals surface area (Å²) in [5.41, 5.74) is 1.21. The van der Waals surface area contributed by atoms with E-state index in [1.165, 1.54) is 10.4 Å². The lowest BCUT2D eigenvalue weighted by Gasteiger charge is -2.35. The number of nitrogens with one attached hydrogen (secondary N) is 1. The van der Waals surface area contributed by atoms with Crippen molar-refractivity contribution < 1.29 is 22.7 Å². The van der Waals surface area contributed by atoms with Gasteiger partial charge in [0.25, 0.3) is 5.91 Å². The Morgan fingerprint density at radius 3 is 2.61 bits per heavy atom. The number of aryl methyl sites for hydroxylation is 1. The highest BCUT2D eigenvalue weighted by atomic mass is 35.5. The lowest BCUT2D eigenvalue weighted by molar-refractivity contribution is -0.142. The van der Waals surface area contributed by atoms with Crippen molar-refractivity contribution in [1.82, 2.24) is 9.21 Å². The molecule has 8 nitrogen and oxygen atoms in total. The van der Waals surface area contributed by atoms with Gasteiger partial charge in [-0.15, -0.1) is 0 Å². The normalized spacial score (nSPS) is 23.4. The molecular weight excluding hydrogens is 406 g/mol. The first-order valence-corrected chi connectivity index (χ1v) is 11.2. The van der Waals surface area contributed by atoms with Crippen LogP contribution in [0.5, 0.6) is 0 Å². The van der Waals surface area contributed by atoms with E-state index in [1.807, 2.05) is 0 Å². The highest BCUT2D eigenvalue weighted by Crippen LogP contribution is 2.34. The van der Waals surface area contributed by atoms with Crippen molar-refractivity contribution in [2.45, 2.75) is 36.7 Å². The summed E-state index contributed by atoms with van der Waals surface area (Å²) in [7, 11) is -3.73. The van der Waals surface area contributed by atoms with E-state index < -0.39 is 16.1 Å². The summed E-state index contributed by atoms with van der Waals surface area (Å²) < 4.78 is 33.0. The van der Waals surface area contributed by atoms with Gasteiger partial charge in [0, 0.05) is 39.2 Å². The van der Waals surface area contributed by atoms with Crippen LogP contribution in [0.25, 0.3) is 0 Å². The zero-order valence-electron chi connectivity index (χ0n) is 15.3. The Bertz CT molecular complexity index is 906. The molecule has 2 amide bonds. The molecule has 0 spiro atoms. The minimum absolute atomic E-state index is 0.0536. The Balaban J connectivity index is 1.48. The fraction of sp³-hybridized carbons (Fsp3) is 0.556. The SMILES string of the molecule is O=C1CCc2cc(S(=O)(=O)N3CCN(C(=O)C4CCCO4)CC3)cc(Cl)c2N1. The summed E-state index contributed by atoms with van der Waals surface area (Å²) >= 11 is 6.23. The average Bonchev–Trinajstić information content (AvgIpc) is 3.22. The van der Waals surface area contributed by atoms with Crippen LogP contribution in [0.1, 0.15) is 24.8 Å². The molecule has 1 N–H and O–H groups in total. The second-order valence-electron chi connectivity index (χ2n) is 7.22. The van der Waals surface area contributed by atoms with Crippen molar-refractivity contribution in [3.63, 3.8) is 0 Å². The molecule has 10 heteroatoms. The van der Waals surface area contributed by atoms with Crippen molar-refractivity contribution in [1.29, 1.82) is 0 Å². The van der Waals surface area contributed by atoms with Gasteiger partial charge in [-0.2, -0.15) is 4.31 Å². The fourth-order valence-corrected chi connectivity index (χ4v) is 5.70. The quantitative estimate of drug-likeness (QED) is 0.782. The van der Waals surface area contributed by atoms with Crippen LogP contribution in [-0.4, -0.2) is 68.3 Å². The number of piperazine rings is 1. The van der Waals surface area contributed by atoms with Gasteiger partial charge in [-0.1, -0.05) is 11.6 Å². The average molecular weight is 428 g/mol. The number of sulfonamides is 1. The molecule has 0 aliphatic carbocycles. The van der Waals surface area contributed by atoms with E-state index in [9.17, 15) is 18.0 Å². The van der Waals surface area contributed by atoms with Crippen molar-refractivity contribution in [3.05, 3.63) is 22.7 Å². The van der Waals surface area contributed by atoms with Gasteiger partial charge in [-0.05, 0) is 37.0 Å². The van der Waals surface area contributed by atoms with E-state index in [-0.39, 0.29) is 34.8 Å². The number of hydrogen-bond donors (Lipinski definition) is 1. The van der Waals surface area contributed by atoms with E-state index in [4.69, 9.17) is 16.3 Å². The summed E-state index contributed by atoms with van der Waals surface area (Å²) in [5.74, 6) is -0.181. The predicted molar refractivity (Wildman–Crippen MR) is 103 cm³/mol. The number of carbonyl (C=O) groups excluding carboxylic acids is 2. The van der Waals surface area contributed by atoms with E-state index in [0.29, 0.717) is 38.2 Å². The Kier molecular flexibility index (Phi) is 5.34. The predicted octanol–water partition coefficient (Wildman–Crippen LogP) is 1.24. The molecule has 2 fully saturated rings. The number of hydrogen-bond acceptors (Lipinski definition) is 5. The van der Waals surface area contributed by atoms with Crippen LogP contribution in [0.3, 0.4) is 0 Å². The van der Waals surface area contributed by atoms with Crippen LogP contribution in [-0.2, 0) is 30.8 Å². The second kappa shape index (κ2) is 7.62. The smallest absolute Gasteiger partial charge is 0.251 e. The van der Waals surface area contributed by atoms with Gasteiger partial charge in [0.05, 0.1) is 15.6 Å². The molecule has 0 aromatic heterocycles. The van der Waals surface area contributed by atoms with Crippen LogP contribution >= 0.6 is 11.6 Å². The van der Waals surface area contributed by atoms with Gasteiger partial charge in [0.1, 0.15) is 6.10 Å². The van der Waals surface area contributed by atoms with Gasteiger partial charge in [-0.25, -0.2) is 8.42 Å². The molecule has 0 saturated carbocycles. The highest BCUT2D eigenvalue weighted by molar-refractivity contribution is 7.89. The van der Waals surface area contributed by atoms with Gasteiger partial charge in [0.2, 0.25) is 15.9 Å². The highest BCUT2D eigenvalue weighted by Gasteiger charge is 2.34. The Morgan fingerprint density at radius 2 is 1.93 bits per heavy atom. The van der Waals surface area contributed by atoms with Crippen molar-refractivity contribution in [2.24, 2.45) is 0 Å². The third kappa shape index (κ3) is 3.63. The van der Waals surface area contributed by atoms with Crippen LogP contribution in [0, 0.1) is 0 Å². The van der Waals surface area contributed by atoms with Crippen LogP contribution in [0.15, 0.2) is 17.0 Å².